The lowest BCUT2D eigenvalue weighted by Crippen LogP contribution is -2.46. The first-order valence-electron chi connectivity index (χ1n) is 6.96. The lowest BCUT2D eigenvalue weighted by atomic mass is 9.84. The van der Waals surface area contributed by atoms with E-state index in [2.05, 4.69) is 53.8 Å². The average molecular weight is 254 g/mol. The predicted molar refractivity (Wildman–Crippen MR) is 76.1 cm³/mol. The highest BCUT2D eigenvalue weighted by Gasteiger charge is 2.68. The maximum atomic E-state index is 12.4. The summed E-state index contributed by atoms with van der Waals surface area (Å²) in [5, 5.41) is 3.21. The highest BCUT2D eigenvalue weighted by molar-refractivity contribution is 5.84. The topological polar surface area (TPSA) is 55.1 Å². The van der Waals surface area contributed by atoms with E-state index in [-0.39, 0.29) is 34.1 Å². The molecule has 1 amide bonds. The Morgan fingerprint density at radius 3 is 1.94 bits per heavy atom. The minimum atomic E-state index is 0.0538. The van der Waals surface area contributed by atoms with Gasteiger partial charge in [-0.1, -0.05) is 48.5 Å². The summed E-state index contributed by atoms with van der Waals surface area (Å²) in [6.07, 6.45) is 0.836. The molecule has 1 atom stereocenters. The maximum Gasteiger partial charge on any atom is 0.224 e. The Morgan fingerprint density at radius 1 is 1.22 bits per heavy atom. The van der Waals surface area contributed by atoms with Crippen LogP contribution in [0.5, 0.6) is 0 Å². The van der Waals surface area contributed by atoms with Crippen molar-refractivity contribution < 1.29 is 4.79 Å². The van der Waals surface area contributed by atoms with Gasteiger partial charge in [-0.25, -0.2) is 0 Å². The van der Waals surface area contributed by atoms with Crippen LogP contribution in [0.2, 0.25) is 0 Å². The number of nitrogens with one attached hydrogen (secondary N) is 1. The molecule has 0 aliphatic heterocycles. The lowest BCUT2D eigenvalue weighted by molar-refractivity contribution is -0.125. The Kier molecular flexibility index (Phi) is 3.89. The van der Waals surface area contributed by atoms with Crippen LogP contribution in [0, 0.1) is 22.2 Å². The quantitative estimate of drug-likeness (QED) is 0.810. The molecule has 0 aromatic rings. The number of nitrogens with two attached hydrogens (primary N) is 1. The molecule has 18 heavy (non-hydrogen) atoms. The van der Waals surface area contributed by atoms with Crippen molar-refractivity contribution in [1.29, 1.82) is 0 Å². The van der Waals surface area contributed by atoms with Crippen LogP contribution in [-0.4, -0.2) is 18.5 Å². The summed E-state index contributed by atoms with van der Waals surface area (Å²) in [6, 6.07) is 0.155. The van der Waals surface area contributed by atoms with Gasteiger partial charge in [0.15, 0.2) is 0 Å². The molecule has 106 valence electrons. The molecule has 3 heteroatoms. The van der Waals surface area contributed by atoms with Gasteiger partial charge in [-0.2, -0.15) is 0 Å². The molecule has 0 aromatic carbocycles. The molecule has 0 aromatic heterocycles. The number of carbonyl (C=O) groups excluding carboxylic acids is 1. The van der Waals surface area contributed by atoms with E-state index in [1.807, 2.05) is 0 Å². The van der Waals surface area contributed by atoms with Gasteiger partial charge in [0, 0.05) is 12.0 Å². The largest absolute Gasteiger partial charge is 0.353 e. The molecule has 3 nitrogen and oxygen atoms in total. The third-order valence-corrected chi connectivity index (χ3v) is 5.10. The van der Waals surface area contributed by atoms with Crippen molar-refractivity contribution in [2.75, 3.05) is 6.54 Å². The van der Waals surface area contributed by atoms with E-state index in [0.717, 1.165) is 6.42 Å². The Hall–Kier alpha value is -0.570. The Labute approximate surface area is 112 Å². The fourth-order valence-corrected chi connectivity index (χ4v) is 3.00. The Balaban J connectivity index is 2.70. The molecule has 0 radical (unpaired) electrons. The van der Waals surface area contributed by atoms with Crippen molar-refractivity contribution in [3.05, 3.63) is 0 Å². The van der Waals surface area contributed by atoms with Crippen molar-refractivity contribution in [3.63, 3.8) is 0 Å². The highest BCUT2D eigenvalue weighted by atomic mass is 16.2. The molecule has 3 N–H and O–H groups in total. The van der Waals surface area contributed by atoms with E-state index in [1.165, 1.54) is 0 Å². The SMILES string of the molecule is CC(C)(C)C(CCN)NC(=O)C1C(C)(C)C1(C)C. The zero-order valence-corrected chi connectivity index (χ0v) is 13.1. The van der Waals surface area contributed by atoms with Crippen LogP contribution in [0.1, 0.15) is 54.9 Å². The van der Waals surface area contributed by atoms with E-state index in [1.54, 1.807) is 0 Å². The van der Waals surface area contributed by atoms with Gasteiger partial charge in [0.05, 0.1) is 0 Å². The molecule has 1 saturated carbocycles. The van der Waals surface area contributed by atoms with Gasteiger partial charge in [-0.3, -0.25) is 4.79 Å². The maximum absolute atomic E-state index is 12.4. The molecular weight excluding hydrogens is 224 g/mol. The second kappa shape index (κ2) is 4.52. The number of amides is 1. The van der Waals surface area contributed by atoms with Crippen molar-refractivity contribution in [3.8, 4) is 0 Å². The Bertz CT molecular complexity index is 312. The molecule has 1 fully saturated rings. The molecule has 0 heterocycles. The fraction of sp³-hybridized carbons (Fsp3) is 0.933. The van der Waals surface area contributed by atoms with Crippen LogP contribution in [0.15, 0.2) is 0 Å². The first-order valence-corrected chi connectivity index (χ1v) is 6.96. The van der Waals surface area contributed by atoms with Crippen molar-refractivity contribution >= 4 is 5.91 Å². The normalized spacial score (nSPS) is 23.6. The van der Waals surface area contributed by atoms with Gasteiger partial charge in [-0.15, -0.1) is 0 Å². The van der Waals surface area contributed by atoms with E-state index in [9.17, 15) is 4.79 Å². The summed E-state index contributed by atoms with van der Waals surface area (Å²) in [5.74, 6) is 0.311. The molecule has 1 aliphatic carbocycles. The fourth-order valence-electron chi connectivity index (χ4n) is 3.00. The molecule has 0 bridgehead atoms. The summed E-state index contributed by atoms with van der Waals surface area (Å²) in [5.41, 5.74) is 5.90. The smallest absolute Gasteiger partial charge is 0.224 e. The summed E-state index contributed by atoms with van der Waals surface area (Å²) < 4.78 is 0. The molecular formula is C15H30N2O. The molecule has 0 spiro atoms. The second-order valence-corrected chi connectivity index (χ2v) is 7.88. The summed E-state index contributed by atoms with van der Waals surface area (Å²) in [4.78, 5) is 12.4. The van der Waals surface area contributed by atoms with Crippen LogP contribution >= 0.6 is 0 Å². The standard InChI is InChI=1S/C15H30N2O/c1-13(2,3)10(8-9-16)17-12(18)11-14(4,5)15(11,6)7/h10-11H,8-9,16H2,1-7H3,(H,17,18). The monoisotopic (exact) mass is 254 g/mol. The van der Waals surface area contributed by atoms with Crippen LogP contribution in [0.25, 0.3) is 0 Å². The number of hydrogen-bond donors (Lipinski definition) is 2. The van der Waals surface area contributed by atoms with Crippen LogP contribution in [-0.2, 0) is 4.79 Å². The zero-order valence-electron chi connectivity index (χ0n) is 13.1. The molecule has 1 rings (SSSR count). The average Bonchev–Trinajstić information content (AvgIpc) is 2.54. The van der Waals surface area contributed by atoms with Gasteiger partial charge in [0.2, 0.25) is 5.91 Å². The van der Waals surface area contributed by atoms with E-state index in [4.69, 9.17) is 5.73 Å². The van der Waals surface area contributed by atoms with E-state index in [0.29, 0.717) is 6.54 Å². The van der Waals surface area contributed by atoms with Gasteiger partial charge >= 0.3 is 0 Å². The summed E-state index contributed by atoms with van der Waals surface area (Å²) in [7, 11) is 0. The van der Waals surface area contributed by atoms with E-state index >= 15 is 0 Å². The van der Waals surface area contributed by atoms with E-state index < -0.39 is 0 Å². The second-order valence-electron chi connectivity index (χ2n) is 7.88. The highest BCUT2D eigenvalue weighted by Crippen LogP contribution is 2.68. The molecule has 0 saturated heterocycles. The van der Waals surface area contributed by atoms with Crippen molar-refractivity contribution in [1.82, 2.24) is 5.32 Å². The summed E-state index contributed by atoms with van der Waals surface area (Å²) in [6.45, 7) is 15.8. The minimum Gasteiger partial charge on any atom is -0.353 e. The summed E-state index contributed by atoms with van der Waals surface area (Å²) >= 11 is 0. The first kappa shape index (κ1) is 15.5. The third-order valence-electron chi connectivity index (χ3n) is 5.10. The third kappa shape index (κ3) is 2.56. The number of carbonyl (C=O) groups is 1. The van der Waals surface area contributed by atoms with Crippen LogP contribution < -0.4 is 11.1 Å². The van der Waals surface area contributed by atoms with Crippen LogP contribution in [0.3, 0.4) is 0 Å². The van der Waals surface area contributed by atoms with Crippen molar-refractivity contribution in [2.45, 2.75) is 60.9 Å². The van der Waals surface area contributed by atoms with Gasteiger partial charge < -0.3 is 11.1 Å². The zero-order chi connectivity index (χ0) is 14.4. The molecule has 1 aliphatic rings. The minimum absolute atomic E-state index is 0.0538. The lowest BCUT2D eigenvalue weighted by Gasteiger charge is -2.31. The predicted octanol–water partition coefficient (Wildman–Crippen LogP) is 2.55. The Morgan fingerprint density at radius 2 is 1.67 bits per heavy atom. The first-order chi connectivity index (χ1) is 7.96. The molecule has 1 unspecified atom stereocenters. The van der Waals surface area contributed by atoms with Crippen molar-refractivity contribution in [2.24, 2.45) is 27.9 Å². The number of rotatable bonds is 4. The van der Waals surface area contributed by atoms with Gasteiger partial charge in [0.1, 0.15) is 0 Å². The van der Waals surface area contributed by atoms with Gasteiger partial charge in [-0.05, 0) is 29.2 Å². The van der Waals surface area contributed by atoms with Crippen LogP contribution in [0.4, 0.5) is 0 Å². The van der Waals surface area contributed by atoms with Gasteiger partial charge in [0.25, 0.3) is 0 Å². The number of hydrogen-bond acceptors (Lipinski definition) is 2.